The Hall–Kier alpha value is -4.38. The van der Waals surface area contributed by atoms with Gasteiger partial charge in [0.05, 0.1) is 12.5 Å². The summed E-state index contributed by atoms with van der Waals surface area (Å²) in [5, 5.41) is 9.84. The number of allylic oxidation sites excluding steroid dienone is 1. The molecule has 5 nitrogen and oxygen atoms in total. The van der Waals surface area contributed by atoms with E-state index in [1.165, 1.54) is 0 Å². The van der Waals surface area contributed by atoms with Gasteiger partial charge in [0.1, 0.15) is 17.3 Å². The molecule has 0 aliphatic carbocycles. The number of carbonyl (C=O) groups excluding carboxylic acids is 1. The largest absolute Gasteiger partial charge is 0.493 e. The number of carboxylic acid groups (broad SMARTS) is 1. The van der Waals surface area contributed by atoms with Crippen LogP contribution in [0.5, 0.6) is 5.75 Å². The van der Waals surface area contributed by atoms with Crippen LogP contribution < -0.4 is 4.74 Å². The van der Waals surface area contributed by atoms with Gasteiger partial charge in [0, 0.05) is 24.0 Å². The molecule has 200 valence electrons. The Morgan fingerprint density at radius 1 is 0.949 bits per heavy atom. The second kappa shape index (κ2) is 13.4. The minimum Gasteiger partial charge on any atom is -0.493 e. The highest BCUT2D eigenvalue weighted by Gasteiger charge is 2.18. The number of Topliss-reactive ketones (excluding diaryl/α,β-unsaturated/α-hetero) is 1. The fourth-order valence-corrected chi connectivity index (χ4v) is 4.50. The van der Waals surface area contributed by atoms with Crippen LogP contribution in [-0.4, -0.2) is 23.5 Å². The maximum absolute atomic E-state index is 12.6. The number of hydrogen-bond acceptors (Lipinski definition) is 4. The number of benzene rings is 3. The molecule has 0 saturated heterocycles. The highest BCUT2D eigenvalue weighted by Crippen LogP contribution is 2.26. The van der Waals surface area contributed by atoms with Crippen molar-refractivity contribution >= 4 is 11.8 Å². The van der Waals surface area contributed by atoms with Gasteiger partial charge >= 0.3 is 5.97 Å². The Bertz CT molecular complexity index is 1400. The highest BCUT2D eigenvalue weighted by molar-refractivity contribution is 5.97. The molecule has 5 heteroatoms. The van der Waals surface area contributed by atoms with Crippen LogP contribution in [0.25, 0.3) is 11.3 Å². The average molecular weight is 523 g/mol. The summed E-state index contributed by atoms with van der Waals surface area (Å²) in [5.74, 6) is 0.851. The molecule has 1 heterocycles. The van der Waals surface area contributed by atoms with Crippen LogP contribution in [0.15, 0.2) is 107 Å². The number of ketones is 1. The number of carbonyl (C=O) groups is 2. The minimum atomic E-state index is -0.904. The van der Waals surface area contributed by atoms with Crippen molar-refractivity contribution in [1.82, 2.24) is 0 Å². The molecule has 4 aromatic rings. The molecule has 0 saturated carbocycles. The van der Waals surface area contributed by atoms with Crippen LogP contribution >= 0.6 is 0 Å². The molecular weight excluding hydrogens is 488 g/mol. The number of aliphatic carboxylic acids is 1. The Morgan fingerprint density at radius 2 is 1.62 bits per heavy atom. The fourth-order valence-electron chi connectivity index (χ4n) is 4.50. The van der Waals surface area contributed by atoms with Crippen molar-refractivity contribution in [2.24, 2.45) is 5.92 Å². The van der Waals surface area contributed by atoms with Gasteiger partial charge in [-0.1, -0.05) is 91.4 Å². The van der Waals surface area contributed by atoms with E-state index >= 15 is 0 Å². The van der Waals surface area contributed by atoms with Crippen LogP contribution in [0.4, 0.5) is 0 Å². The third kappa shape index (κ3) is 7.81. The minimum absolute atomic E-state index is 0.00348. The number of ether oxygens (including phenoxy) is 1. The Labute approximate surface area is 229 Å². The van der Waals surface area contributed by atoms with Crippen LogP contribution in [-0.2, 0) is 17.6 Å². The van der Waals surface area contributed by atoms with Crippen molar-refractivity contribution < 1.29 is 23.8 Å². The van der Waals surface area contributed by atoms with E-state index in [0.29, 0.717) is 25.0 Å². The summed E-state index contributed by atoms with van der Waals surface area (Å²) in [7, 11) is 0. The third-order valence-corrected chi connectivity index (χ3v) is 6.79. The van der Waals surface area contributed by atoms with E-state index in [0.717, 1.165) is 46.0 Å². The van der Waals surface area contributed by atoms with E-state index in [-0.39, 0.29) is 12.2 Å². The quantitative estimate of drug-likeness (QED) is 0.144. The van der Waals surface area contributed by atoms with E-state index in [9.17, 15) is 14.7 Å². The topological polar surface area (TPSA) is 76.7 Å². The molecule has 1 N–H and O–H groups in total. The molecule has 0 radical (unpaired) electrons. The molecule has 0 aliphatic rings. The first-order valence-corrected chi connectivity index (χ1v) is 13.3. The molecule has 0 spiro atoms. The van der Waals surface area contributed by atoms with E-state index in [1.807, 2.05) is 86.6 Å². The van der Waals surface area contributed by atoms with Crippen LogP contribution in [0.2, 0.25) is 0 Å². The summed E-state index contributed by atoms with van der Waals surface area (Å²) in [5.41, 5.74) is 4.53. The molecule has 0 fully saturated rings. The molecule has 39 heavy (non-hydrogen) atoms. The van der Waals surface area contributed by atoms with Crippen molar-refractivity contribution in [3.8, 4) is 17.1 Å². The van der Waals surface area contributed by atoms with E-state index in [1.54, 1.807) is 18.2 Å². The Kier molecular flexibility index (Phi) is 9.52. The fraction of sp³-hybridized carbons (Fsp3) is 0.235. The summed E-state index contributed by atoms with van der Waals surface area (Å²) in [6.07, 6.45) is 3.65. The number of hydrogen-bond donors (Lipinski definition) is 1. The zero-order valence-corrected chi connectivity index (χ0v) is 22.4. The van der Waals surface area contributed by atoms with Crippen LogP contribution in [0.1, 0.15) is 47.0 Å². The van der Waals surface area contributed by atoms with E-state index in [4.69, 9.17) is 9.15 Å². The predicted molar refractivity (Wildman–Crippen MR) is 153 cm³/mol. The molecule has 0 aliphatic heterocycles. The standard InChI is InChI=1S/C34H34O5/c1-3-25(22-32(35)27-10-6-4-7-11-27)20-30(34(36)37)21-26-14-16-31(17-15-26)38-19-18-29-23-33(39-24(29)2)28-12-8-5-9-13-28/h4-17,20,23,30H,3,18-19,21-22H2,1-2H3,(H,36,37)/t30-/m0/s1. The lowest BCUT2D eigenvalue weighted by atomic mass is 9.93. The van der Waals surface area contributed by atoms with Gasteiger partial charge in [0.15, 0.2) is 5.78 Å². The summed E-state index contributed by atoms with van der Waals surface area (Å²) in [6, 6.07) is 28.7. The average Bonchev–Trinajstić information content (AvgIpc) is 3.34. The number of furan rings is 1. The van der Waals surface area contributed by atoms with Gasteiger partial charge in [0.2, 0.25) is 0 Å². The molecular formula is C34H34O5. The third-order valence-electron chi connectivity index (χ3n) is 6.79. The van der Waals surface area contributed by atoms with Gasteiger partial charge in [-0.25, -0.2) is 0 Å². The van der Waals surface area contributed by atoms with Crippen molar-refractivity contribution in [1.29, 1.82) is 0 Å². The first kappa shape index (κ1) is 27.6. The second-order valence-corrected chi connectivity index (χ2v) is 9.59. The van der Waals surface area contributed by atoms with Gasteiger partial charge in [-0.3, -0.25) is 9.59 Å². The summed E-state index contributed by atoms with van der Waals surface area (Å²) in [4.78, 5) is 24.6. The van der Waals surface area contributed by atoms with E-state index < -0.39 is 11.9 Å². The van der Waals surface area contributed by atoms with Crippen molar-refractivity contribution in [3.05, 3.63) is 125 Å². The Morgan fingerprint density at radius 3 is 2.26 bits per heavy atom. The van der Waals surface area contributed by atoms with Gasteiger partial charge in [-0.15, -0.1) is 0 Å². The second-order valence-electron chi connectivity index (χ2n) is 9.59. The maximum Gasteiger partial charge on any atom is 0.310 e. The lowest BCUT2D eigenvalue weighted by Gasteiger charge is -2.12. The molecule has 0 bridgehead atoms. The number of carboxylic acids is 1. The van der Waals surface area contributed by atoms with Crippen LogP contribution in [0.3, 0.4) is 0 Å². The summed E-state index contributed by atoms with van der Waals surface area (Å²) < 4.78 is 11.9. The number of aryl methyl sites for hydroxylation is 1. The molecule has 1 aromatic heterocycles. The molecule has 0 amide bonds. The maximum atomic E-state index is 12.6. The van der Waals surface area contributed by atoms with Crippen LogP contribution in [0, 0.1) is 12.8 Å². The highest BCUT2D eigenvalue weighted by atomic mass is 16.5. The van der Waals surface area contributed by atoms with Crippen molar-refractivity contribution in [2.45, 2.75) is 39.5 Å². The lowest BCUT2D eigenvalue weighted by Crippen LogP contribution is -2.15. The van der Waals surface area contributed by atoms with Gasteiger partial charge in [-0.05, 0) is 49.1 Å². The lowest BCUT2D eigenvalue weighted by molar-refractivity contribution is -0.140. The Balaban J connectivity index is 1.33. The number of rotatable bonds is 13. The molecule has 3 aromatic carbocycles. The zero-order chi connectivity index (χ0) is 27.6. The molecule has 4 rings (SSSR count). The van der Waals surface area contributed by atoms with Gasteiger partial charge in [-0.2, -0.15) is 0 Å². The predicted octanol–water partition coefficient (Wildman–Crippen LogP) is 7.73. The van der Waals surface area contributed by atoms with Gasteiger partial charge in [0.25, 0.3) is 0 Å². The first-order chi connectivity index (χ1) is 18.9. The molecule has 0 unspecified atom stereocenters. The molecule has 1 atom stereocenters. The monoisotopic (exact) mass is 522 g/mol. The SMILES string of the molecule is CCC(=C[C@@H](Cc1ccc(OCCc2cc(-c3ccccc3)oc2C)cc1)C(=O)O)CC(=O)c1ccccc1. The summed E-state index contributed by atoms with van der Waals surface area (Å²) >= 11 is 0. The van der Waals surface area contributed by atoms with Crippen molar-refractivity contribution in [2.75, 3.05) is 6.61 Å². The normalized spacial score (nSPS) is 12.2. The van der Waals surface area contributed by atoms with E-state index in [2.05, 4.69) is 6.07 Å². The van der Waals surface area contributed by atoms with Crippen molar-refractivity contribution in [3.63, 3.8) is 0 Å². The smallest absolute Gasteiger partial charge is 0.310 e. The first-order valence-electron chi connectivity index (χ1n) is 13.3. The zero-order valence-electron chi connectivity index (χ0n) is 22.4. The van der Waals surface area contributed by atoms with Gasteiger partial charge < -0.3 is 14.3 Å². The summed E-state index contributed by atoms with van der Waals surface area (Å²) in [6.45, 7) is 4.41.